The Morgan fingerprint density at radius 1 is 1.12 bits per heavy atom. The standard InChI is InChI=1S/C20H22N2O3/c23-20(13-22-11-5-7-15-6-1-2-8-17(15)22)21-12-16-14-24-18-9-3-4-10-19(18)25-16/h1-4,6,8-10,16H,5,7,11-14H2,(H,21,23). The van der Waals surface area contributed by atoms with E-state index in [-0.39, 0.29) is 12.0 Å². The van der Waals surface area contributed by atoms with E-state index in [9.17, 15) is 4.79 Å². The highest BCUT2D eigenvalue weighted by Crippen LogP contribution is 2.30. The van der Waals surface area contributed by atoms with Crippen molar-refractivity contribution in [2.75, 3.05) is 31.1 Å². The molecule has 2 aromatic rings. The zero-order valence-electron chi connectivity index (χ0n) is 14.1. The maximum absolute atomic E-state index is 12.4. The third-order valence-electron chi connectivity index (χ3n) is 4.64. The maximum Gasteiger partial charge on any atom is 0.239 e. The number of ether oxygens (including phenoxy) is 2. The summed E-state index contributed by atoms with van der Waals surface area (Å²) < 4.78 is 11.6. The molecule has 0 fully saturated rings. The monoisotopic (exact) mass is 338 g/mol. The molecule has 2 aliphatic rings. The van der Waals surface area contributed by atoms with Crippen LogP contribution < -0.4 is 19.7 Å². The molecule has 0 saturated heterocycles. The summed E-state index contributed by atoms with van der Waals surface area (Å²) in [5.74, 6) is 1.51. The SMILES string of the molecule is O=C(CN1CCCc2ccccc21)NCC1COc2ccccc2O1. The first kappa shape index (κ1) is 15.8. The number of benzene rings is 2. The molecular formula is C20H22N2O3. The van der Waals surface area contributed by atoms with Crippen molar-refractivity contribution in [1.29, 1.82) is 0 Å². The Labute approximate surface area is 147 Å². The number of hydrogen-bond donors (Lipinski definition) is 1. The largest absolute Gasteiger partial charge is 0.486 e. The molecular weight excluding hydrogens is 316 g/mol. The highest BCUT2D eigenvalue weighted by Gasteiger charge is 2.22. The first-order valence-corrected chi connectivity index (χ1v) is 8.77. The van der Waals surface area contributed by atoms with Crippen LogP contribution in [0.15, 0.2) is 48.5 Å². The van der Waals surface area contributed by atoms with Gasteiger partial charge in [0.1, 0.15) is 12.7 Å². The predicted octanol–water partition coefficient (Wildman–Crippen LogP) is 2.40. The third kappa shape index (κ3) is 3.55. The van der Waals surface area contributed by atoms with E-state index in [1.165, 1.54) is 11.3 Å². The molecule has 0 aliphatic carbocycles. The van der Waals surface area contributed by atoms with Crippen molar-refractivity contribution in [3.8, 4) is 11.5 Å². The maximum atomic E-state index is 12.4. The van der Waals surface area contributed by atoms with Gasteiger partial charge in [-0.25, -0.2) is 0 Å². The number of para-hydroxylation sites is 3. The molecule has 1 atom stereocenters. The summed E-state index contributed by atoms with van der Waals surface area (Å²) in [4.78, 5) is 14.5. The van der Waals surface area contributed by atoms with Crippen LogP contribution in [0, 0.1) is 0 Å². The minimum atomic E-state index is -0.160. The van der Waals surface area contributed by atoms with Crippen LogP contribution in [0.1, 0.15) is 12.0 Å². The molecule has 5 nitrogen and oxygen atoms in total. The van der Waals surface area contributed by atoms with Gasteiger partial charge in [0.25, 0.3) is 0 Å². The van der Waals surface area contributed by atoms with Gasteiger partial charge in [0.05, 0.1) is 13.1 Å². The molecule has 0 bridgehead atoms. The Bertz CT molecular complexity index is 762. The normalized spacial score (nSPS) is 18.4. The molecule has 1 unspecified atom stereocenters. The van der Waals surface area contributed by atoms with E-state index in [0.717, 1.165) is 30.9 Å². The van der Waals surface area contributed by atoms with Gasteiger partial charge in [-0.1, -0.05) is 30.3 Å². The topological polar surface area (TPSA) is 50.8 Å². The lowest BCUT2D eigenvalue weighted by molar-refractivity contribution is -0.120. The Balaban J connectivity index is 1.31. The number of nitrogens with one attached hydrogen (secondary N) is 1. The summed E-state index contributed by atoms with van der Waals surface area (Å²) in [7, 11) is 0. The molecule has 2 heterocycles. The van der Waals surface area contributed by atoms with Gasteiger partial charge >= 0.3 is 0 Å². The molecule has 2 aliphatic heterocycles. The second-order valence-corrected chi connectivity index (χ2v) is 6.46. The van der Waals surface area contributed by atoms with Crippen LogP contribution in [-0.4, -0.2) is 38.3 Å². The molecule has 1 amide bonds. The summed E-state index contributed by atoms with van der Waals surface area (Å²) in [6, 6.07) is 15.9. The number of anilines is 1. The number of fused-ring (bicyclic) bond motifs is 2. The number of aryl methyl sites for hydroxylation is 1. The van der Waals surface area contributed by atoms with Crippen LogP contribution in [0.3, 0.4) is 0 Å². The molecule has 4 rings (SSSR count). The van der Waals surface area contributed by atoms with Gasteiger partial charge in [-0.2, -0.15) is 0 Å². The van der Waals surface area contributed by atoms with Crippen molar-refractivity contribution >= 4 is 11.6 Å². The zero-order chi connectivity index (χ0) is 17.1. The summed E-state index contributed by atoms with van der Waals surface area (Å²) in [5.41, 5.74) is 2.50. The van der Waals surface area contributed by atoms with Gasteiger partial charge in [-0.15, -0.1) is 0 Å². The predicted molar refractivity (Wildman–Crippen MR) is 96.3 cm³/mol. The lowest BCUT2D eigenvalue weighted by atomic mass is 10.0. The second-order valence-electron chi connectivity index (χ2n) is 6.46. The first-order chi connectivity index (χ1) is 12.3. The van der Waals surface area contributed by atoms with Crippen LogP contribution in [-0.2, 0) is 11.2 Å². The van der Waals surface area contributed by atoms with E-state index in [2.05, 4.69) is 28.4 Å². The van der Waals surface area contributed by atoms with Crippen molar-refractivity contribution in [3.63, 3.8) is 0 Å². The first-order valence-electron chi connectivity index (χ1n) is 8.77. The fourth-order valence-corrected chi connectivity index (χ4v) is 3.40. The van der Waals surface area contributed by atoms with Gasteiger partial charge in [-0.05, 0) is 36.6 Å². The van der Waals surface area contributed by atoms with Crippen LogP contribution in [0.4, 0.5) is 5.69 Å². The van der Waals surface area contributed by atoms with Gasteiger partial charge in [0.15, 0.2) is 11.5 Å². The highest BCUT2D eigenvalue weighted by atomic mass is 16.6. The second kappa shape index (κ2) is 7.05. The van der Waals surface area contributed by atoms with E-state index in [0.29, 0.717) is 19.7 Å². The zero-order valence-corrected chi connectivity index (χ0v) is 14.1. The van der Waals surface area contributed by atoms with Gasteiger partial charge in [-0.3, -0.25) is 4.79 Å². The van der Waals surface area contributed by atoms with Crippen molar-refractivity contribution in [1.82, 2.24) is 5.32 Å². The molecule has 0 radical (unpaired) electrons. The number of amides is 1. The number of carbonyl (C=O) groups is 1. The van der Waals surface area contributed by atoms with E-state index >= 15 is 0 Å². The smallest absolute Gasteiger partial charge is 0.239 e. The lowest BCUT2D eigenvalue weighted by Crippen LogP contribution is -2.45. The van der Waals surface area contributed by atoms with E-state index in [1.54, 1.807) is 0 Å². The fourth-order valence-electron chi connectivity index (χ4n) is 3.40. The lowest BCUT2D eigenvalue weighted by Gasteiger charge is -2.31. The third-order valence-corrected chi connectivity index (χ3v) is 4.64. The van der Waals surface area contributed by atoms with Crippen molar-refractivity contribution < 1.29 is 14.3 Å². The summed E-state index contributed by atoms with van der Waals surface area (Å²) in [6.07, 6.45) is 2.01. The fraction of sp³-hybridized carbons (Fsp3) is 0.350. The molecule has 25 heavy (non-hydrogen) atoms. The minimum Gasteiger partial charge on any atom is -0.486 e. The van der Waals surface area contributed by atoms with E-state index in [1.807, 2.05) is 30.3 Å². The Hall–Kier alpha value is -2.69. The highest BCUT2D eigenvalue weighted by molar-refractivity contribution is 5.82. The quantitative estimate of drug-likeness (QED) is 0.930. The Morgan fingerprint density at radius 2 is 1.92 bits per heavy atom. The van der Waals surface area contributed by atoms with Crippen LogP contribution in [0.5, 0.6) is 11.5 Å². The number of nitrogens with zero attached hydrogens (tertiary/aromatic N) is 1. The minimum absolute atomic E-state index is 0.0131. The molecule has 1 N–H and O–H groups in total. The van der Waals surface area contributed by atoms with Gasteiger partial charge in [0.2, 0.25) is 5.91 Å². The summed E-state index contributed by atoms with van der Waals surface area (Å²) in [5, 5.41) is 2.98. The van der Waals surface area contributed by atoms with Crippen LogP contribution in [0.25, 0.3) is 0 Å². The molecule has 0 spiro atoms. The Kier molecular flexibility index (Phi) is 4.46. The van der Waals surface area contributed by atoms with Crippen LogP contribution in [0.2, 0.25) is 0 Å². The van der Waals surface area contributed by atoms with Crippen LogP contribution >= 0.6 is 0 Å². The molecule has 0 aromatic heterocycles. The van der Waals surface area contributed by atoms with Crippen molar-refractivity contribution in [3.05, 3.63) is 54.1 Å². The van der Waals surface area contributed by atoms with Crippen molar-refractivity contribution in [2.45, 2.75) is 18.9 Å². The molecule has 5 heteroatoms. The average molecular weight is 338 g/mol. The molecule has 2 aromatic carbocycles. The summed E-state index contributed by atoms with van der Waals surface area (Å²) in [6.45, 7) is 2.19. The van der Waals surface area contributed by atoms with E-state index < -0.39 is 0 Å². The number of hydrogen-bond acceptors (Lipinski definition) is 4. The number of rotatable bonds is 4. The Morgan fingerprint density at radius 3 is 2.84 bits per heavy atom. The molecule has 0 saturated carbocycles. The summed E-state index contributed by atoms with van der Waals surface area (Å²) >= 11 is 0. The van der Waals surface area contributed by atoms with Gasteiger partial charge in [0, 0.05) is 12.2 Å². The molecule has 130 valence electrons. The number of carbonyl (C=O) groups excluding carboxylic acids is 1. The van der Waals surface area contributed by atoms with Gasteiger partial charge < -0.3 is 19.7 Å². The van der Waals surface area contributed by atoms with E-state index in [4.69, 9.17) is 9.47 Å². The average Bonchev–Trinajstić information content (AvgIpc) is 2.66. The van der Waals surface area contributed by atoms with Crippen molar-refractivity contribution in [2.24, 2.45) is 0 Å².